The first-order valence-corrected chi connectivity index (χ1v) is 7.00. The van der Waals surface area contributed by atoms with Crippen LogP contribution in [-0.2, 0) is 0 Å². The monoisotopic (exact) mass is 260 g/mol. The van der Waals surface area contributed by atoms with Gasteiger partial charge in [-0.2, -0.15) is 0 Å². The minimum absolute atomic E-state index is 0.646. The molecule has 1 N–H and O–H groups in total. The molecule has 0 amide bonds. The molecular weight excluding hydrogens is 244 g/mol. The van der Waals surface area contributed by atoms with Crippen molar-refractivity contribution >= 4 is 28.2 Å². The van der Waals surface area contributed by atoms with E-state index in [4.69, 9.17) is 16.6 Å². The van der Waals surface area contributed by atoms with E-state index in [9.17, 15) is 0 Å². The molecule has 3 heteroatoms. The number of para-hydroxylation sites is 1. The smallest absolute Gasteiger partial charge is 0.0912 e. The molecule has 1 fully saturated rings. The van der Waals surface area contributed by atoms with E-state index in [0.717, 1.165) is 28.9 Å². The Hall–Kier alpha value is -1.28. The van der Waals surface area contributed by atoms with Gasteiger partial charge in [-0.1, -0.05) is 30.7 Å². The summed E-state index contributed by atoms with van der Waals surface area (Å²) in [6, 6.07) is 8.19. The van der Waals surface area contributed by atoms with Gasteiger partial charge in [0.15, 0.2) is 0 Å². The summed E-state index contributed by atoms with van der Waals surface area (Å²) in [4.78, 5) is 4.73. The van der Waals surface area contributed by atoms with Crippen LogP contribution in [0.15, 0.2) is 24.3 Å². The molecule has 0 spiro atoms. The van der Waals surface area contributed by atoms with Crippen LogP contribution < -0.4 is 5.32 Å². The Morgan fingerprint density at radius 2 is 2.22 bits per heavy atom. The number of aromatic nitrogens is 1. The van der Waals surface area contributed by atoms with E-state index in [1.165, 1.54) is 24.2 Å². The Morgan fingerprint density at radius 1 is 1.39 bits per heavy atom. The number of rotatable bonds is 4. The summed E-state index contributed by atoms with van der Waals surface area (Å²) in [5.41, 5.74) is 3.29. The molecule has 1 heterocycles. The van der Waals surface area contributed by atoms with Gasteiger partial charge in [0.25, 0.3) is 0 Å². The van der Waals surface area contributed by atoms with Crippen molar-refractivity contribution in [3.63, 3.8) is 0 Å². The minimum atomic E-state index is 0.646. The second kappa shape index (κ2) is 4.77. The molecule has 2 nitrogen and oxygen atoms in total. The molecule has 2 aromatic rings. The van der Waals surface area contributed by atoms with Crippen LogP contribution >= 0.6 is 11.6 Å². The summed E-state index contributed by atoms with van der Waals surface area (Å²) in [7, 11) is 0. The highest BCUT2D eigenvalue weighted by Crippen LogP contribution is 2.41. The third-order valence-corrected chi connectivity index (χ3v) is 3.68. The molecule has 1 aliphatic carbocycles. The molecule has 1 aromatic heterocycles. The fraction of sp³-hybridized carbons (Fsp3) is 0.400. The predicted octanol–water partition coefficient (Wildman–Crippen LogP) is 4.59. The highest BCUT2D eigenvalue weighted by atomic mass is 35.5. The van der Waals surface area contributed by atoms with Crippen LogP contribution in [0.4, 0.5) is 5.69 Å². The average Bonchev–Trinajstić information content (AvgIpc) is 3.21. The normalized spacial score (nSPS) is 15.0. The SMILES string of the molecule is CCCNc1cc(C2CC2)nc2c(Cl)cccc12. The van der Waals surface area contributed by atoms with Gasteiger partial charge in [0.1, 0.15) is 0 Å². The highest BCUT2D eigenvalue weighted by Gasteiger charge is 2.26. The summed E-state index contributed by atoms with van der Waals surface area (Å²) in [6.07, 6.45) is 3.63. The van der Waals surface area contributed by atoms with Crippen molar-refractivity contribution in [2.75, 3.05) is 11.9 Å². The molecule has 1 aromatic carbocycles. The van der Waals surface area contributed by atoms with Crippen molar-refractivity contribution in [1.29, 1.82) is 0 Å². The number of halogens is 1. The lowest BCUT2D eigenvalue weighted by Gasteiger charge is -2.11. The van der Waals surface area contributed by atoms with Gasteiger partial charge >= 0.3 is 0 Å². The first kappa shape index (κ1) is 11.8. The van der Waals surface area contributed by atoms with Crippen LogP contribution in [0.5, 0.6) is 0 Å². The number of pyridine rings is 1. The van der Waals surface area contributed by atoms with Gasteiger partial charge in [-0.25, -0.2) is 0 Å². The van der Waals surface area contributed by atoms with Crippen LogP contribution in [0.1, 0.15) is 37.8 Å². The quantitative estimate of drug-likeness (QED) is 0.870. The molecular formula is C15H17ClN2. The average molecular weight is 261 g/mol. The van der Waals surface area contributed by atoms with Gasteiger partial charge < -0.3 is 5.32 Å². The van der Waals surface area contributed by atoms with Gasteiger partial charge in [0.05, 0.1) is 10.5 Å². The van der Waals surface area contributed by atoms with Crippen LogP contribution in [0.25, 0.3) is 10.9 Å². The number of anilines is 1. The first-order valence-electron chi connectivity index (χ1n) is 6.62. The molecule has 3 rings (SSSR count). The van der Waals surface area contributed by atoms with Crippen LogP contribution in [0, 0.1) is 0 Å². The van der Waals surface area contributed by atoms with Crippen molar-refractivity contribution in [1.82, 2.24) is 4.98 Å². The molecule has 1 saturated carbocycles. The molecule has 0 aliphatic heterocycles. The van der Waals surface area contributed by atoms with Crippen molar-refractivity contribution < 1.29 is 0 Å². The number of hydrogen-bond acceptors (Lipinski definition) is 2. The van der Waals surface area contributed by atoms with Crippen molar-refractivity contribution in [2.45, 2.75) is 32.1 Å². The van der Waals surface area contributed by atoms with Gasteiger partial charge in [-0.05, 0) is 31.4 Å². The van der Waals surface area contributed by atoms with Crippen molar-refractivity contribution in [3.05, 3.63) is 35.0 Å². The zero-order valence-corrected chi connectivity index (χ0v) is 11.3. The van der Waals surface area contributed by atoms with Crippen molar-refractivity contribution in [2.24, 2.45) is 0 Å². The van der Waals surface area contributed by atoms with E-state index in [1.54, 1.807) is 0 Å². The Labute approximate surface area is 112 Å². The lowest BCUT2D eigenvalue weighted by atomic mass is 10.1. The number of benzene rings is 1. The van der Waals surface area contributed by atoms with Gasteiger partial charge in [0, 0.05) is 29.2 Å². The number of fused-ring (bicyclic) bond motifs is 1. The fourth-order valence-corrected chi connectivity index (χ4v) is 2.44. The van der Waals surface area contributed by atoms with Gasteiger partial charge in [0.2, 0.25) is 0 Å². The summed E-state index contributed by atoms with van der Waals surface area (Å²) >= 11 is 6.27. The van der Waals surface area contributed by atoms with Gasteiger partial charge in [-0.15, -0.1) is 0 Å². The third kappa shape index (κ3) is 2.17. The molecule has 18 heavy (non-hydrogen) atoms. The van der Waals surface area contributed by atoms with Crippen LogP contribution in [-0.4, -0.2) is 11.5 Å². The zero-order valence-electron chi connectivity index (χ0n) is 10.5. The van der Waals surface area contributed by atoms with E-state index in [-0.39, 0.29) is 0 Å². The Bertz CT molecular complexity index is 576. The Kier molecular flexibility index (Phi) is 3.13. The summed E-state index contributed by atoms with van der Waals surface area (Å²) < 4.78 is 0. The maximum absolute atomic E-state index is 6.27. The Balaban J connectivity index is 2.14. The van der Waals surface area contributed by atoms with Crippen LogP contribution in [0.2, 0.25) is 5.02 Å². The summed E-state index contributed by atoms with van der Waals surface area (Å²) in [5, 5.41) is 5.36. The van der Waals surface area contributed by atoms with Crippen molar-refractivity contribution in [3.8, 4) is 0 Å². The standard InChI is InChI=1S/C15H17ClN2/c1-2-8-17-14-9-13(10-6-7-10)18-15-11(14)4-3-5-12(15)16/h3-5,9-10H,2,6-8H2,1H3,(H,17,18). The number of hydrogen-bond donors (Lipinski definition) is 1. The minimum Gasteiger partial charge on any atom is -0.384 e. The molecule has 0 bridgehead atoms. The van der Waals surface area contributed by atoms with E-state index >= 15 is 0 Å². The number of nitrogens with zero attached hydrogens (tertiary/aromatic N) is 1. The molecule has 0 atom stereocenters. The molecule has 0 unspecified atom stereocenters. The highest BCUT2D eigenvalue weighted by molar-refractivity contribution is 6.35. The second-order valence-electron chi connectivity index (χ2n) is 4.93. The first-order chi connectivity index (χ1) is 8.79. The predicted molar refractivity (Wildman–Crippen MR) is 77.5 cm³/mol. The van der Waals surface area contributed by atoms with Gasteiger partial charge in [-0.3, -0.25) is 4.98 Å². The van der Waals surface area contributed by atoms with E-state index in [0.29, 0.717) is 5.92 Å². The van der Waals surface area contributed by atoms with E-state index < -0.39 is 0 Å². The lowest BCUT2D eigenvalue weighted by molar-refractivity contribution is 0.976. The summed E-state index contributed by atoms with van der Waals surface area (Å²) in [6.45, 7) is 3.15. The largest absolute Gasteiger partial charge is 0.384 e. The maximum Gasteiger partial charge on any atom is 0.0912 e. The topological polar surface area (TPSA) is 24.9 Å². The maximum atomic E-state index is 6.27. The molecule has 1 aliphatic rings. The molecule has 0 saturated heterocycles. The lowest BCUT2D eigenvalue weighted by Crippen LogP contribution is -2.02. The molecule has 0 radical (unpaired) electrons. The summed E-state index contributed by atoms with van der Waals surface area (Å²) in [5.74, 6) is 0.646. The number of nitrogens with one attached hydrogen (secondary N) is 1. The molecule has 94 valence electrons. The van der Waals surface area contributed by atoms with E-state index in [1.807, 2.05) is 12.1 Å². The van der Waals surface area contributed by atoms with Crippen LogP contribution in [0.3, 0.4) is 0 Å². The second-order valence-corrected chi connectivity index (χ2v) is 5.34. The van der Waals surface area contributed by atoms with E-state index in [2.05, 4.69) is 24.4 Å². The fourth-order valence-electron chi connectivity index (χ4n) is 2.23. The zero-order chi connectivity index (χ0) is 12.5. The third-order valence-electron chi connectivity index (χ3n) is 3.37. The Morgan fingerprint density at radius 3 is 2.94 bits per heavy atom.